The van der Waals surface area contributed by atoms with Gasteiger partial charge in [0.25, 0.3) is 11.8 Å². The van der Waals surface area contributed by atoms with Gasteiger partial charge in [0, 0.05) is 10.4 Å². The van der Waals surface area contributed by atoms with E-state index >= 15 is 0 Å². The Hall–Kier alpha value is -3.78. The largest absolute Gasteiger partial charge is 0.497 e. The molecule has 0 fully saturated rings. The molecule has 33 heavy (non-hydrogen) atoms. The van der Waals surface area contributed by atoms with Crippen LogP contribution in [0.15, 0.2) is 71.7 Å². The third-order valence-electron chi connectivity index (χ3n) is 4.61. The third kappa shape index (κ3) is 7.11. The molecule has 0 aliphatic rings. The number of benzene rings is 2. The number of amides is 2. The molecule has 1 atom stereocenters. The van der Waals surface area contributed by atoms with Crippen molar-refractivity contribution in [1.29, 1.82) is 0 Å². The van der Waals surface area contributed by atoms with Gasteiger partial charge in [-0.05, 0) is 73.0 Å². The molecule has 7 nitrogen and oxygen atoms in total. The fourth-order valence-corrected chi connectivity index (χ4v) is 3.50. The van der Waals surface area contributed by atoms with Gasteiger partial charge in [0.05, 0.1) is 20.3 Å². The Morgan fingerprint density at radius 2 is 1.55 bits per heavy atom. The zero-order chi connectivity index (χ0) is 23.6. The predicted molar refractivity (Wildman–Crippen MR) is 129 cm³/mol. The fourth-order valence-electron chi connectivity index (χ4n) is 2.85. The minimum atomic E-state index is -0.406. The third-order valence-corrected chi connectivity index (χ3v) is 5.43. The van der Waals surface area contributed by atoms with Crippen molar-refractivity contribution in [1.82, 2.24) is 10.6 Å². The first-order chi connectivity index (χ1) is 16.0. The van der Waals surface area contributed by atoms with Gasteiger partial charge < -0.3 is 24.8 Å². The summed E-state index contributed by atoms with van der Waals surface area (Å²) in [6.45, 7) is 2.09. The Kier molecular flexibility index (Phi) is 8.49. The zero-order valence-corrected chi connectivity index (χ0v) is 19.5. The van der Waals surface area contributed by atoms with Crippen LogP contribution >= 0.6 is 11.3 Å². The fraction of sp³-hybridized carbons (Fsp3) is 0.200. The number of nitrogens with one attached hydrogen (secondary N) is 2. The molecule has 2 N–H and O–H groups in total. The number of methoxy groups -OCH3 is 2. The second-order valence-electron chi connectivity index (χ2n) is 7.12. The molecule has 0 aliphatic carbocycles. The molecule has 0 radical (unpaired) electrons. The molecule has 0 spiro atoms. The molecule has 3 rings (SSSR count). The summed E-state index contributed by atoms with van der Waals surface area (Å²) in [6, 6.07) is 17.3. The second-order valence-corrected chi connectivity index (χ2v) is 8.10. The highest BCUT2D eigenvalue weighted by atomic mass is 32.1. The van der Waals surface area contributed by atoms with Crippen molar-refractivity contribution in [2.45, 2.75) is 13.0 Å². The maximum absolute atomic E-state index is 13.0. The highest BCUT2D eigenvalue weighted by Gasteiger charge is 2.17. The van der Waals surface area contributed by atoms with Crippen LogP contribution in [0.2, 0.25) is 0 Å². The van der Waals surface area contributed by atoms with E-state index in [1.807, 2.05) is 24.4 Å². The summed E-state index contributed by atoms with van der Waals surface area (Å²) in [6.07, 6.45) is 1.65. The molecule has 1 heterocycles. The van der Waals surface area contributed by atoms with Crippen LogP contribution < -0.4 is 24.8 Å². The molecule has 0 bridgehead atoms. The van der Waals surface area contributed by atoms with Crippen LogP contribution in [0.25, 0.3) is 6.08 Å². The number of rotatable bonds is 10. The number of hydrogen-bond donors (Lipinski definition) is 2. The van der Waals surface area contributed by atoms with E-state index in [4.69, 9.17) is 14.2 Å². The van der Waals surface area contributed by atoms with Crippen molar-refractivity contribution in [2.24, 2.45) is 0 Å². The average molecular weight is 467 g/mol. The van der Waals surface area contributed by atoms with Gasteiger partial charge in [0.15, 0.2) is 0 Å². The molecule has 8 heteroatoms. The monoisotopic (exact) mass is 466 g/mol. The number of carbonyl (C=O) groups is 2. The summed E-state index contributed by atoms with van der Waals surface area (Å²) in [5.41, 5.74) is 0.561. The predicted octanol–water partition coefficient (Wildman–Crippen LogP) is 4.12. The van der Waals surface area contributed by atoms with E-state index in [1.165, 1.54) is 11.3 Å². The molecular weight excluding hydrogens is 440 g/mol. The van der Waals surface area contributed by atoms with E-state index < -0.39 is 11.8 Å². The SMILES string of the molecule is COc1ccc(OC[C@H](C)NC(=O)/C(=C/c2cccs2)NC(=O)c2ccc(OC)cc2)cc1. The highest BCUT2D eigenvalue weighted by molar-refractivity contribution is 7.10. The first-order valence-corrected chi connectivity index (χ1v) is 11.1. The number of ether oxygens (including phenoxy) is 3. The molecule has 172 valence electrons. The van der Waals surface area contributed by atoms with Gasteiger partial charge >= 0.3 is 0 Å². The summed E-state index contributed by atoms with van der Waals surface area (Å²) in [4.78, 5) is 26.5. The lowest BCUT2D eigenvalue weighted by molar-refractivity contribution is -0.118. The number of thiophene rings is 1. The van der Waals surface area contributed by atoms with Crippen molar-refractivity contribution in [3.63, 3.8) is 0 Å². The van der Waals surface area contributed by atoms with Gasteiger partial charge in [-0.2, -0.15) is 0 Å². The van der Waals surface area contributed by atoms with E-state index in [2.05, 4.69) is 10.6 Å². The standard InChI is InChI=1S/C25H26N2O5S/c1-17(16-32-21-12-10-20(31-3)11-13-21)26-25(29)23(15-22-5-4-14-33-22)27-24(28)18-6-8-19(30-2)9-7-18/h4-15,17H,16H2,1-3H3,(H,26,29)(H,27,28)/b23-15-/t17-/m0/s1. The van der Waals surface area contributed by atoms with Crippen LogP contribution in [0.5, 0.6) is 17.2 Å². The van der Waals surface area contributed by atoms with Crippen molar-refractivity contribution < 1.29 is 23.8 Å². The molecule has 0 saturated carbocycles. The summed E-state index contributed by atoms with van der Waals surface area (Å²) in [7, 11) is 3.16. The minimum Gasteiger partial charge on any atom is -0.497 e. The summed E-state index contributed by atoms with van der Waals surface area (Å²) in [5, 5.41) is 7.50. The van der Waals surface area contributed by atoms with Crippen LogP contribution in [0.1, 0.15) is 22.2 Å². The molecule has 0 aliphatic heterocycles. The van der Waals surface area contributed by atoms with E-state index in [-0.39, 0.29) is 18.3 Å². The normalized spacial score (nSPS) is 11.9. The Morgan fingerprint density at radius 1 is 0.939 bits per heavy atom. The maximum Gasteiger partial charge on any atom is 0.268 e. The second kappa shape index (κ2) is 11.7. The Bertz CT molecular complexity index is 1080. The lowest BCUT2D eigenvalue weighted by atomic mass is 10.2. The molecular formula is C25H26N2O5S. The summed E-state index contributed by atoms with van der Waals surface area (Å²) in [5.74, 6) is 1.25. The van der Waals surface area contributed by atoms with Crippen LogP contribution in [0, 0.1) is 0 Å². The van der Waals surface area contributed by atoms with E-state index in [0.717, 1.165) is 10.6 Å². The van der Waals surface area contributed by atoms with Gasteiger partial charge in [0.1, 0.15) is 29.6 Å². The number of carbonyl (C=O) groups excluding carboxylic acids is 2. The van der Waals surface area contributed by atoms with Gasteiger partial charge in [-0.3, -0.25) is 9.59 Å². The van der Waals surface area contributed by atoms with Crippen molar-refractivity contribution in [3.05, 3.63) is 82.2 Å². The molecule has 3 aromatic rings. The van der Waals surface area contributed by atoms with E-state index in [9.17, 15) is 9.59 Å². The highest BCUT2D eigenvalue weighted by Crippen LogP contribution is 2.17. The van der Waals surface area contributed by atoms with Crippen LogP contribution in [0.4, 0.5) is 0 Å². The zero-order valence-electron chi connectivity index (χ0n) is 18.7. The van der Waals surface area contributed by atoms with Gasteiger partial charge in [0.2, 0.25) is 0 Å². The average Bonchev–Trinajstić information content (AvgIpc) is 3.35. The summed E-state index contributed by atoms with van der Waals surface area (Å²) >= 11 is 1.47. The first-order valence-electron chi connectivity index (χ1n) is 10.3. The van der Waals surface area contributed by atoms with E-state index in [0.29, 0.717) is 17.1 Å². The summed E-state index contributed by atoms with van der Waals surface area (Å²) < 4.78 is 16.0. The quantitative estimate of drug-likeness (QED) is 0.439. The topological polar surface area (TPSA) is 85.9 Å². The first kappa shape index (κ1) is 23.9. The van der Waals surface area contributed by atoms with Crippen molar-refractivity contribution >= 4 is 29.2 Å². The van der Waals surface area contributed by atoms with Crippen LogP contribution in [0.3, 0.4) is 0 Å². The van der Waals surface area contributed by atoms with Crippen LogP contribution in [-0.4, -0.2) is 38.7 Å². The van der Waals surface area contributed by atoms with Crippen molar-refractivity contribution in [3.8, 4) is 17.2 Å². The lowest BCUT2D eigenvalue weighted by Crippen LogP contribution is -2.41. The molecule has 2 aromatic carbocycles. The van der Waals surface area contributed by atoms with Crippen LogP contribution in [-0.2, 0) is 4.79 Å². The number of hydrogen-bond acceptors (Lipinski definition) is 6. The Labute approximate surface area is 197 Å². The molecule has 0 unspecified atom stereocenters. The maximum atomic E-state index is 13.0. The Balaban J connectivity index is 1.65. The van der Waals surface area contributed by atoms with Gasteiger partial charge in [-0.15, -0.1) is 11.3 Å². The van der Waals surface area contributed by atoms with E-state index in [1.54, 1.807) is 68.8 Å². The molecule has 0 saturated heterocycles. The van der Waals surface area contributed by atoms with Gasteiger partial charge in [-0.25, -0.2) is 0 Å². The van der Waals surface area contributed by atoms with Gasteiger partial charge in [-0.1, -0.05) is 6.07 Å². The molecule has 1 aromatic heterocycles. The smallest absolute Gasteiger partial charge is 0.268 e. The molecule has 2 amide bonds. The lowest BCUT2D eigenvalue weighted by Gasteiger charge is -2.17. The minimum absolute atomic E-state index is 0.148. The Morgan fingerprint density at radius 3 is 2.12 bits per heavy atom. The van der Waals surface area contributed by atoms with Crippen molar-refractivity contribution in [2.75, 3.05) is 20.8 Å².